The number of fused-ring (bicyclic) bond motifs is 4. The van der Waals surface area contributed by atoms with Crippen molar-refractivity contribution in [2.75, 3.05) is 65.4 Å². The number of amides is 16. The molecule has 16 atom stereocenters. The summed E-state index contributed by atoms with van der Waals surface area (Å²) in [4.78, 5) is 267. The Balaban J connectivity index is 1.09. The van der Waals surface area contributed by atoms with Gasteiger partial charge in [-0.1, -0.05) is 88.1 Å². The van der Waals surface area contributed by atoms with Gasteiger partial charge in [-0.15, -0.1) is 11.8 Å². The van der Waals surface area contributed by atoms with Crippen LogP contribution in [0.25, 0.3) is 21.8 Å². The molecule has 3 aliphatic heterocycles. The fraction of sp³-hybridized carbons (Fsp3) is 0.523. The van der Waals surface area contributed by atoms with Gasteiger partial charge in [0.1, 0.15) is 96.6 Å². The number of benzene rings is 3. The number of phenolic OH excluding ortho intramolecular Hbond substituents is 1. The molecule has 6 heterocycles. The maximum atomic E-state index is 15.7. The number of H-pyrrole nitrogens is 3. The van der Waals surface area contributed by atoms with Crippen LogP contribution in [0, 0.1) is 0 Å². The molecule has 6 aromatic rings. The Morgan fingerprint density at radius 1 is 0.571 bits per heavy atom. The molecule has 3 aromatic carbocycles. The van der Waals surface area contributed by atoms with Crippen LogP contribution >= 0.6 is 11.8 Å². The summed E-state index contributed by atoms with van der Waals surface area (Å²) < 4.78 is 0. The van der Waals surface area contributed by atoms with Crippen molar-refractivity contribution in [3.63, 3.8) is 0 Å². The van der Waals surface area contributed by atoms with Crippen molar-refractivity contribution < 1.29 is 107 Å². The number of nitrogens with one attached hydrogen (secondary N) is 13. The zero-order valence-corrected chi connectivity index (χ0v) is 75.8. The van der Waals surface area contributed by atoms with Crippen molar-refractivity contribution in [1.82, 2.24) is 97.6 Å². The topological polar surface area (TPSA) is 666 Å². The molecule has 3 saturated heterocycles. The molecule has 44 nitrogen and oxygen atoms in total. The number of unbranched alkanes of at least 4 members (excludes halogenated alkanes) is 2. The highest BCUT2D eigenvalue weighted by Crippen LogP contribution is 2.28. The van der Waals surface area contributed by atoms with Gasteiger partial charge in [-0.05, 0) is 92.9 Å². The van der Waals surface area contributed by atoms with E-state index in [4.69, 9.17) is 17.2 Å². The Hall–Kier alpha value is -13.1. The maximum absolute atomic E-state index is 15.7. The van der Waals surface area contributed by atoms with Gasteiger partial charge in [0.2, 0.25) is 94.5 Å². The molecule has 24 N–H and O–H groups in total. The molecule has 0 aliphatic carbocycles. The number of carboxylic acid groups (broad SMARTS) is 1. The number of para-hydroxylation sites is 2. The summed E-state index contributed by atoms with van der Waals surface area (Å²) in [7, 11) is 3.86. The van der Waals surface area contributed by atoms with E-state index in [0.717, 1.165) is 36.3 Å². The maximum Gasteiger partial charge on any atom is 0.305 e. The zero-order chi connectivity index (χ0) is 97.0. The van der Waals surface area contributed by atoms with Crippen LogP contribution in [-0.4, -0.2) is 333 Å². The monoisotopic (exact) mass is 1870 g/mol. The lowest BCUT2D eigenvalue weighted by atomic mass is 10.00. The highest BCUT2D eigenvalue weighted by molar-refractivity contribution is 8.00. The van der Waals surface area contributed by atoms with E-state index in [1.165, 1.54) is 64.9 Å². The lowest BCUT2D eigenvalue weighted by Crippen LogP contribution is -2.62. The van der Waals surface area contributed by atoms with Crippen LogP contribution in [0.1, 0.15) is 127 Å². The molecule has 2 unspecified atom stereocenters. The molecule has 0 radical (unpaired) electrons. The number of aliphatic hydroxyl groups excluding tert-OH is 3. The quantitative estimate of drug-likeness (QED) is 0.0242. The van der Waals surface area contributed by atoms with E-state index in [2.05, 4.69) is 73.1 Å². The minimum Gasteiger partial charge on any atom is -0.508 e. The van der Waals surface area contributed by atoms with E-state index in [1.807, 2.05) is 13.8 Å². The van der Waals surface area contributed by atoms with Crippen LogP contribution in [-0.2, 0) is 107 Å². The molecule has 133 heavy (non-hydrogen) atoms. The summed E-state index contributed by atoms with van der Waals surface area (Å²) in [5.74, 6) is -18.4. The third-order valence-electron chi connectivity index (χ3n) is 23.8. The molecular formula is C88H122N22O22S. The molecule has 0 spiro atoms. The molecule has 0 bridgehead atoms. The fourth-order valence-corrected chi connectivity index (χ4v) is 17.1. The number of aliphatic carboxylic acids is 1. The second kappa shape index (κ2) is 49.4. The molecule has 0 saturated carbocycles. The average Bonchev–Trinajstić information content (AvgIpc) is 1.66. The van der Waals surface area contributed by atoms with E-state index in [-0.39, 0.29) is 75.9 Å². The lowest BCUT2D eigenvalue weighted by molar-refractivity contribution is -0.149. The second-order valence-corrected chi connectivity index (χ2v) is 34.5. The number of hydrogen-bond donors (Lipinski definition) is 21. The number of phenols is 1. The van der Waals surface area contributed by atoms with Crippen LogP contribution < -0.4 is 70.4 Å². The third kappa shape index (κ3) is 28.5. The van der Waals surface area contributed by atoms with Crippen molar-refractivity contribution in [3.8, 4) is 5.75 Å². The predicted molar refractivity (Wildman–Crippen MR) is 483 cm³/mol. The van der Waals surface area contributed by atoms with Gasteiger partial charge in [0.25, 0.3) is 0 Å². The summed E-state index contributed by atoms with van der Waals surface area (Å²) >= 11 is 0.772. The van der Waals surface area contributed by atoms with Crippen molar-refractivity contribution in [2.24, 2.45) is 17.2 Å². The van der Waals surface area contributed by atoms with Crippen LogP contribution in [0.15, 0.2) is 97.7 Å². The number of thioether (sulfide) groups is 1. The van der Waals surface area contributed by atoms with Gasteiger partial charge in [-0.3, -0.25) is 81.5 Å². The molecule has 45 heteroatoms. The van der Waals surface area contributed by atoms with Gasteiger partial charge in [0.05, 0.1) is 37.8 Å². The van der Waals surface area contributed by atoms with Gasteiger partial charge >= 0.3 is 5.97 Å². The Kier molecular flexibility index (Phi) is 38.5. The number of imidazole rings is 1. The van der Waals surface area contributed by atoms with E-state index >= 15 is 38.4 Å². The number of carbonyl (C=O) groups is 17. The third-order valence-corrected chi connectivity index (χ3v) is 24.8. The average molecular weight is 1870 g/mol. The Bertz CT molecular complexity index is 5110. The van der Waals surface area contributed by atoms with Gasteiger partial charge in [-0.2, -0.15) is 0 Å². The molecule has 3 fully saturated rings. The summed E-state index contributed by atoms with van der Waals surface area (Å²) in [6.45, 7) is 2.23. The number of rotatable bonds is 25. The Morgan fingerprint density at radius 3 is 1.70 bits per heavy atom. The number of primary amides is 1. The normalized spacial score (nSPS) is 25.2. The summed E-state index contributed by atoms with van der Waals surface area (Å²) in [5, 5.41) is 80.2. The van der Waals surface area contributed by atoms with Crippen LogP contribution in [0.5, 0.6) is 5.75 Å². The highest BCUT2D eigenvalue weighted by atomic mass is 32.2. The van der Waals surface area contributed by atoms with Crippen molar-refractivity contribution in [3.05, 3.63) is 120 Å². The van der Waals surface area contributed by atoms with Crippen LogP contribution in [0.2, 0.25) is 0 Å². The van der Waals surface area contributed by atoms with E-state index < -0.39 is 261 Å². The molecule has 3 aromatic heterocycles. The first-order chi connectivity index (χ1) is 63.4. The second-order valence-electron chi connectivity index (χ2n) is 33.5. The molecule has 16 amide bonds. The number of nitrogens with zero attached hydrogens (tertiary/aromatic N) is 6. The number of aromatic amines is 3. The SMILES string of the molecule is CCCC[C@H]1C(=O)N(C)[C@@H](CCCC)C(=O)N[C@@H](CCN)C(=O)N[C@H](C(=O)NCC(N)O)CSCC(=O)NC(Cc2ccc(O)cc2)C(=O)N(C)[C@@H](C)C(=O)N[C@@H](CC(=O)O)C(=O)N2CCC[C@H]2C(=O)N[C@@H](Cc2cnc[nH]2)C(=O)N[C@@H](CCC(N)=O)C(=O)N2C[C@H](O)C[C@H]2C(=O)N[C@@H](Cc2c[nH]c3ccccc23)C(=O)N[C@@H](CO)C(=O)N[C@@H](Cc2c[nH]c3ccccc23)C(=O)N1C. The first-order valence-corrected chi connectivity index (χ1v) is 45.4. The largest absolute Gasteiger partial charge is 0.508 e. The van der Waals surface area contributed by atoms with Crippen molar-refractivity contribution >= 4 is 134 Å². The minimum atomic E-state index is -1.93. The number of carbonyl (C=O) groups excluding carboxylic acids is 16. The summed E-state index contributed by atoms with van der Waals surface area (Å²) in [6.07, 6.45) is 0.105. The molecule has 3 aliphatic rings. The number of aromatic hydroxyl groups is 1. The minimum absolute atomic E-state index is 0.00583. The van der Waals surface area contributed by atoms with Crippen molar-refractivity contribution in [1.29, 1.82) is 0 Å². The molecule has 722 valence electrons. The Morgan fingerprint density at radius 2 is 1.11 bits per heavy atom. The summed E-state index contributed by atoms with van der Waals surface area (Å²) in [5.41, 5.74) is 20.1. The van der Waals surface area contributed by atoms with Gasteiger partial charge in [-0.25, -0.2) is 4.98 Å². The number of carboxylic acids is 1. The van der Waals surface area contributed by atoms with E-state index in [1.54, 1.807) is 60.9 Å². The van der Waals surface area contributed by atoms with E-state index in [9.17, 15) is 68.7 Å². The molecular weight excluding hydrogens is 1750 g/mol. The van der Waals surface area contributed by atoms with Gasteiger partial charge in [0.15, 0.2) is 0 Å². The number of hydrogen-bond acceptors (Lipinski definition) is 25. The molecule has 9 rings (SSSR count). The predicted octanol–water partition coefficient (Wildman–Crippen LogP) is -4.23. The highest BCUT2D eigenvalue weighted by Gasteiger charge is 2.47. The Labute approximate surface area is 770 Å². The number of aliphatic hydroxyl groups is 3. The summed E-state index contributed by atoms with van der Waals surface area (Å²) in [6, 6.07) is -3.28. The standard InChI is InChI=1S/C88H122N22O22S/c1-7-9-20-67-81(125)98-58(29-30-89)77(121)105-66(76(120)95-41-72(91)115)44-133-45-73(116)97-62(32-48-23-25-52(112)26-24-48)84(128)106(4)47(3)75(119)102-64(37-74(117)118)87(131)109-31-15-22-68(109)82(126)101-61(35-51-40-92-46-96-51)79(123)99-59(27-28-71(90)114)86(130)110-42-53(113)36-70(110)83(127)100-60(33-49-38-93-56-18-13-11-16-54(49)56)78(122)104-65(43-111)80(124)103-63(34-50-39-94-57-19-14-12-17-55(50)57)85(129)108(6)69(21-10-8-2)88(132)107(67)5/h11-14,16-19,23-26,38-40,46-47,53,58-70,72,93-94,111-113,115H,7-10,15,20-22,27-37,41-45,89,91H2,1-6H3,(H2,90,114)(H,92,96)(H,95,120)(H,97,116)(H,98,125)(H,99,123)(H,100,127)(H,101,126)(H,102,119)(H,103,124)(H,104,122)(H,105,121)(H,117,118)/t47-,53+,58-,59-,60-,61-,62?,63-,64-,65-,66-,67-,68-,69-,70-,72?/m0/s1. The number of aromatic nitrogens is 4. The first-order valence-electron chi connectivity index (χ1n) is 44.2. The van der Waals surface area contributed by atoms with Crippen LogP contribution in [0.3, 0.4) is 0 Å². The number of nitrogens with two attached hydrogens (primary N) is 3. The van der Waals surface area contributed by atoms with E-state index in [0.29, 0.717) is 64.2 Å². The van der Waals surface area contributed by atoms with Gasteiger partial charge in [0, 0.05) is 125 Å². The van der Waals surface area contributed by atoms with Crippen LogP contribution in [0.4, 0.5) is 0 Å². The number of likely N-dealkylation sites (N-methyl/N-ethyl adjacent to an activating group) is 3. The zero-order valence-electron chi connectivity index (χ0n) is 74.9. The fourth-order valence-electron chi connectivity index (χ4n) is 16.3. The lowest BCUT2D eigenvalue weighted by Gasteiger charge is -2.36. The first kappa shape index (κ1) is 104. The smallest absolute Gasteiger partial charge is 0.305 e. The van der Waals surface area contributed by atoms with Gasteiger partial charge < -0.3 is 135 Å². The van der Waals surface area contributed by atoms with Crippen molar-refractivity contribution in [2.45, 2.75) is 227 Å².